The smallest absolute Gasteiger partial charge is 0.261 e. The SMILES string of the molecule is COCCCN1C(=O)c2ccc(C(=O)NCc3ccc(C)s3)cc2C1=O. The first-order valence-electron chi connectivity index (χ1n) is 8.34. The van der Waals surface area contributed by atoms with Crippen molar-refractivity contribution in [3.05, 3.63) is 56.8 Å². The van der Waals surface area contributed by atoms with Crippen molar-refractivity contribution in [2.75, 3.05) is 20.3 Å². The van der Waals surface area contributed by atoms with E-state index in [9.17, 15) is 14.4 Å². The lowest BCUT2D eigenvalue weighted by molar-refractivity contribution is 0.0638. The van der Waals surface area contributed by atoms with Crippen molar-refractivity contribution in [2.24, 2.45) is 0 Å². The summed E-state index contributed by atoms with van der Waals surface area (Å²) in [6.07, 6.45) is 0.579. The molecule has 0 spiro atoms. The average molecular weight is 372 g/mol. The highest BCUT2D eigenvalue weighted by Crippen LogP contribution is 2.24. The van der Waals surface area contributed by atoms with Crippen LogP contribution in [0.15, 0.2) is 30.3 Å². The highest BCUT2D eigenvalue weighted by Gasteiger charge is 2.35. The fourth-order valence-corrected chi connectivity index (χ4v) is 3.68. The Morgan fingerprint density at radius 1 is 1.15 bits per heavy atom. The van der Waals surface area contributed by atoms with Crippen LogP contribution in [0.25, 0.3) is 0 Å². The molecule has 7 heteroatoms. The zero-order valence-corrected chi connectivity index (χ0v) is 15.5. The predicted octanol–water partition coefficient (Wildman–Crippen LogP) is 2.62. The average Bonchev–Trinajstić information content (AvgIpc) is 3.16. The maximum absolute atomic E-state index is 12.5. The van der Waals surface area contributed by atoms with Crippen molar-refractivity contribution < 1.29 is 19.1 Å². The number of amides is 3. The Bertz CT molecular complexity index is 859. The minimum atomic E-state index is -0.357. The lowest BCUT2D eigenvalue weighted by Crippen LogP contribution is -2.31. The number of hydrogen-bond donors (Lipinski definition) is 1. The number of carbonyl (C=O) groups is 3. The van der Waals surface area contributed by atoms with Crippen LogP contribution in [-0.2, 0) is 11.3 Å². The topological polar surface area (TPSA) is 75.7 Å². The number of ether oxygens (including phenoxy) is 1. The van der Waals surface area contributed by atoms with E-state index < -0.39 is 0 Å². The van der Waals surface area contributed by atoms with Crippen LogP contribution in [0.4, 0.5) is 0 Å². The third kappa shape index (κ3) is 3.68. The molecule has 0 bridgehead atoms. The van der Waals surface area contributed by atoms with Crippen molar-refractivity contribution in [1.29, 1.82) is 0 Å². The maximum Gasteiger partial charge on any atom is 0.261 e. The number of methoxy groups -OCH3 is 1. The molecule has 0 saturated carbocycles. The number of imide groups is 1. The number of nitrogens with one attached hydrogen (secondary N) is 1. The Hall–Kier alpha value is -2.51. The molecule has 1 aliphatic rings. The number of aryl methyl sites for hydroxylation is 1. The van der Waals surface area contributed by atoms with E-state index >= 15 is 0 Å². The minimum Gasteiger partial charge on any atom is -0.385 e. The molecule has 0 aliphatic carbocycles. The van der Waals surface area contributed by atoms with Gasteiger partial charge in [-0.3, -0.25) is 19.3 Å². The van der Waals surface area contributed by atoms with Gasteiger partial charge in [0.15, 0.2) is 0 Å². The second kappa shape index (κ2) is 7.80. The number of nitrogens with zero attached hydrogens (tertiary/aromatic N) is 1. The summed E-state index contributed by atoms with van der Waals surface area (Å²) in [7, 11) is 1.57. The molecule has 1 aromatic heterocycles. The third-order valence-corrected chi connectivity index (χ3v) is 5.18. The van der Waals surface area contributed by atoms with Gasteiger partial charge < -0.3 is 10.1 Å². The van der Waals surface area contributed by atoms with Crippen LogP contribution in [0.3, 0.4) is 0 Å². The highest BCUT2D eigenvalue weighted by atomic mass is 32.1. The van der Waals surface area contributed by atoms with Gasteiger partial charge in [0.25, 0.3) is 17.7 Å². The number of rotatable bonds is 7. The lowest BCUT2D eigenvalue weighted by Gasteiger charge is -2.12. The summed E-state index contributed by atoms with van der Waals surface area (Å²) in [6.45, 7) is 3.23. The molecule has 3 rings (SSSR count). The first-order chi connectivity index (χ1) is 12.5. The monoisotopic (exact) mass is 372 g/mol. The number of fused-ring (bicyclic) bond motifs is 1. The van der Waals surface area contributed by atoms with Crippen LogP contribution in [-0.4, -0.2) is 42.9 Å². The minimum absolute atomic E-state index is 0.267. The van der Waals surface area contributed by atoms with Gasteiger partial charge in [-0.2, -0.15) is 0 Å². The van der Waals surface area contributed by atoms with Crippen LogP contribution < -0.4 is 5.32 Å². The Morgan fingerprint density at radius 3 is 2.62 bits per heavy atom. The predicted molar refractivity (Wildman–Crippen MR) is 98.5 cm³/mol. The molecule has 3 amide bonds. The molecule has 0 unspecified atom stereocenters. The summed E-state index contributed by atoms with van der Waals surface area (Å²) in [4.78, 5) is 40.7. The summed E-state index contributed by atoms with van der Waals surface area (Å²) in [5, 5.41) is 2.84. The number of hydrogen-bond acceptors (Lipinski definition) is 5. The van der Waals surface area contributed by atoms with E-state index in [0.29, 0.717) is 37.2 Å². The molecule has 1 aliphatic heterocycles. The molecular formula is C19H20N2O4S. The first-order valence-corrected chi connectivity index (χ1v) is 9.15. The number of thiophene rings is 1. The molecule has 0 fully saturated rings. The van der Waals surface area contributed by atoms with Crippen LogP contribution in [0.5, 0.6) is 0 Å². The van der Waals surface area contributed by atoms with Gasteiger partial charge in [-0.1, -0.05) is 0 Å². The quantitative estimate of drug-likeness (QED) is 0.599. The van der Waals surface area contributed by atoms with E-state index in [2.05, 4.69) is 5.32 Å². The van der Waals surface area contributed by atoms with Crippen LogP contribution in [0.2, 0.25) is 0 Å². The fraction of sp³-hybridized carbons (Fsp3) is 0.316. The molecule has 136 valence electrons. The molecule has 0 radical (unpaired) electrons. The van der Waals surface area contributed by atoms with Crippen molar-refractivity contribution in [3.8, 4) is 0 Å². The van der Waals surface area contributed by atoms with Crippen molar-refractivity contribution >= 4 is 29.1 Å². The summed E-state index contributed by atoms with van der Waals surface area (Å²) in [5.41, 5.74) is 1.00. The van der Waals surface area contributed by atoms with Gasteiger partial charge in [-0.25, -0.2) is 0 Å². The van der Waals surface area contributed by atoms with E-state index in [1.165, 1.54) is 15.8 Å². The summed E-state index contributed by atoms with van der Waals surface area (Å²) in [5.74, 6) is -0.941. The van der Waals surface area contributed by atoms with Crippen LogP contribution >= 0.6 is 11.3 Å². The Kier molecular flexibility index (Phi) is 5.49. The maximum atomic E-state index is 12.5. The molecule has 1 aromatic carbocycles. The van der Waals surface area contributed by atoms with Gasteiger partial charge >= 0.3 is 0 Å². The van der Waals surface area contributed by atoms with Crippen LogP contribution in [0, 0.1) is 6.92 Å². The summed E-state index contributed by atoms with van der Waals surface area (Å²) < 4.78 is 4.96. The molecular weight excluding hydrogens is 352 g/mol. The highest BCUT2D eigenvalue weighted by molar-refractivity contribution is 7.11. The Labute approximate surface area is 155 Å². The van der Waals surface area contributed by atoms with Gasteiger partial charge in [-0.15, -0.1) is 11.3 Å². The zero-order chi connectivity index (χ0) is 18.7. The molecule has 0 saturated heterocycles. The van der Waals surface area contributed by atoms with E-state index in [-0.39, 0.29) is 23.3 Å². The summed E-state index contributed by atoms with van der Waals surface area (Å²) >= 11 is 1.63. The normalized spacial score (nSPS) is 13.2. The van der Waals surface area contributed by atoms with Crippen molar-refractivity contribution in [2.45, 2.75) is 19.9 Å². The van der Waals surface area contributed by atoms with Gasteiger partial charge in [0.1, 0.15) is 0 Å². The molecule has 2 heterocycles. The third-order valence-electron chi connectivity index (χ3n) is 4.18. The van der Waals surface area contributed by atoms with Crippen molar-refractivity contribution in [1.82, 2.24) is 10.2 Å². The van der Waals surface area contributed by atoms with E-state index in [4.69, 9.17) is 4.74 Å². The van der Waals surface area contributed by atoms with Gasteiger partial charge in [0, 0.05) is 35.6 Å². The zero-order valence-electron chi connectivity index (χ0n) is 14.7. The standard InChI is InChI=1S/C19H20N2O4S/c1-12-4-6-14(26-12)11-20-17(22)13-5-7-15-16(10-13)19(24)21(18(15)23)8-3-9-25-2/h4-7,10H,3,8-9,11H2,1-2H3,(H,20,22). The molecule has 1 N–H and O–H groups in total. The molecule has 26 heavy (non-hydrogen) atoms. The van der Waals surface area contributed by atoms with Gasteiger partial charge in [-0.05, 0) is 43.7 Å². The number of benzene rings is 1. The Morgan fingerprint density at radius 2 is 1.92 bits per heavy atom. The fourth-order valence-electron chi connectivity index (χ4n) is 2.85. The van der Waals surface area contributed by atoms with Gasteiger partial charge in [0.05, 0.1) is 17.7 Å². The first kappa shape index (κ1) is 18.3. The lowest BCUT2D eigenvalue weighted by atomic mass is 10.1. The van der Waals surface area contributed by atoms with Crippen molar-refractivity contribution in [3.63, 3.8) is 0 Å². The second-order valence-corrected chi connectivity index (χ2v) is 7.44. The van der Waals surface area contributed by atoms with Crippen LogP contribution in [0.1, 0.15) is 47.2 Å². The van der Waals surface area contributed by atoms with E-state index in [0.717, 1.165) is 4.88 Å². The number of carbonyl (C=O) groups excluding carboxylic acids is 3. The molecule has 2 aromatic rings. The van der Waals surface area contributed by atoms with E-state index in [1.54, 1.807) is 30.6 Å². The molecule has 0 atom stereocenters. The second-order valence-electron chi connectivity index (χ2n) is 6.06. The largest absolute Gasteiger partial charge is 0.385 e. The molecule has 6 nitrogen and oxygen atoms in total. The Balaban J connectivity index is 1.70. The van der Waals surface area contributed by atoms with E-state index in [1.807, 2.05) is 19.1 Å². The summed E-state index contributed by atoms with van der Waals surface area (Å²) in [6, 6.07) is 8.61. The van der Waals surface area contributed by atoms with Gasteiger partial charge in [0.2, 0.25) is 0 Å².